The van der Waals surface area contributed by atoms with Crippen molar-refractivity contribution in [3.63, 3.8) is 0 Å². The van der Waals surface area contributed by atoms with E-state index >= 15 is 0 Å². The molecule has 0 saturated carbocycles. The van der Waals surface area contributed by atoms with Gasteiger partial charge >= 0.3 is 0 Å². The first-order valence-corrected chi connectivity index (χ1v) is 10.8. The molecule has 24 heavy (non-hydrogen) atoms. The van der Waals surface area contributed by atoms with Crippen LogP contribution in [-0.4, -0.2) is 0 Å². The van der Waals surface area contributed by atoms with Gasteiger partial charge in [-0.1, -0.05) is 105 Å². The van der Waals surface area contributed by atoms with Crippen molar-refractivity contribution in [1.82, 2.24) is 0 Å². The first-order chi connectivity index (χ1) is 11.8. The molecule has 0 saturated heterocycles. The van der Waals surface area contributed by atoms with E-state index in [2.05, 4.69) is 39.5 Å². The third-order valence-corrected chi connectivity index (χ3v) is 5.33. The van der Waals surface area contributed by atoms with E-state index in [0.29, 0.717) is 0 Å². The molecule has 0 amide bonds. The molecule has 140 valence electrons. The fourth-order valence-corrected chi connectivity index (χ4v) is 3.40. The molecule has 2 unspecified atom stereocenters. The molecule has 0 spiro atoms. The van der Waals surface area contributed by atoms with E-state index in [1.54, 1.807) is 0 Å². The van der Waals surface area contributed by atoms with E-state index in [-0.39, 0.29) is 0 Å². The molecule has 0 heterocycles. The van der Waals surface area contributed by atoms with E-state index in [4.69, 9.17) is 0 Å². The van der Waals surface area contributed by atoms with Crippen molar-refractivity contribution in [3.05, 3.63) is 13.8 Å². The monoisotopic (exact) mass is 332 g/mol. The lowest BCUT2D eigenvalue weighted by atomic mass is 9.83. The standard InChI is InChI=1S/C24H44/c1-5-8-10-12-13-14-15-16-18-20-22-24(23(4)7-3)21-19-17-11-9-6-2/h23-24H,1-2,5-9,11,13-22H2,3-4H3. The minimum atomic E-state index is 0.904. The molecule has 0 rings (SSSR count). The molecule has 0 fully saturated rings. The fourth-order valence-electron chi connectivity index (χ4n) is 3.40. The third kappa shape index (κ3) is 15.1. The summed E-state index contributed by atoms with van der Waals surface area (Å²) in [6, 6.07) is 0. The van der Waals surface area contributed by atoms with Crippen molar-refractivity contribution < 1.29 is 0 Å². The number of hydrogen-bond donors (Lipinski definition) is 0. The molecular weight excluding hydrogens is 288 g/mol. The van der Waals surface area contributed by atoms with Crippen LogP contribution in [0.2, 0.25) is 0 Å². The van der Waals surface area contributed by atoms with Crippen LogP contribution >= 0.6 is 0 Å². The molecule has 0 N–H and O–H groups in total. The molecule has 2 radical (unpaired) electrons. The zero-order valence-electron chi connectivity index (χ0n) is 16.9. The zero-order chi connectivity index (χ0) is 17.9. The van der Waals surface area contributed by atoms with Crippen LogP contribution in [0.4, 0.5) is 0 Å². The predicted molar refractivity (Wildman–Crippen MR) is 111 cm³/mol. The maximum Gasteiger partial charge on any atom is 0.00886 e. The molecule has 0 heteroatoms. The van der Waals surface area contributed by atoms with E-state index in [1.807, 2.05) is 0 Å². The van der Waals surface area contributed by atoms with Crippen molar-refractivity contribution >= 4 is 0 Å². The number of rotatable bonds is 16. The van der Waals surface area contributed by atoms with Gasteiger partial charge in [0.15, 0.2) is 0 Å². The van der Waals surface area contributed by atoms with Gasteiger partial charge in [-0.25, -0.2) is 0 Å². The van der Waals surface area contributed by atoms with Crippen molar-refractivity contribution in [3.8, 4) is 11.8 Å². The van der Waals surface area contributed by atoms with Crippen molar-refractivity contribution in [2.24, 2.45) is 11.8 Å². The van der Waals surface area contributed by atoms with Crippen LogP contribution in [0, 0.1) is 37.5 Å². The molecule has 0 aromatic carbocycles. The Hall–Kier alpha value is -0.440. The topological polar surface area (TPSA) is 0 Å². The number of unbranched alkanes of at least 4 members (excludes halogenated alkanes) is 10. The summed E-state index contributed by atoms with van der Waals surface area (Å²) in [4.78, 5) is 0. The molecule has 0 nitrogen and oxygen atoms in total. The maximum atomic E-state index is 3.94. The van der Waals surface area contributed by atoms with Crippen molar-refractivity contribution in [2.45, 2.75) is 117 Å². The lowest BCUT2D eigenvalue weighted by Crippen LogP contribution is -2.11. The summed E-state index contributed by atoms with van der Waals surface area (Å²) < 4.78 is 0. The van der Waals surface area contributed by atoms with E-state index < -0.39 is 0 Å². The maximum absolute atomic E-state index is 3.94. The van der Waals surface area contributed by atoms with Gasteiger partial charge in [0.05, 0.1) is 0 Å². The molecule has 0 aromatic rings. The van der Waals surface area contributed by atoms with Gasteiger partial charge in [-0.2, -0.15) is 0 Å². The van der Waals surface area contributed by atoms with Gasteiger partial charge in [-0.3, -0.25) is 0 Å². The minimum absolute atomic E-state index is 0.904. The average molecular weight is 333 g/mol. The minimum Gasteiger partial charge on any atom is -0.103 e. The van der Waals surface area contributed by atoms with Crippen LogP contribution in [0.5, 0.6) is 0 Å². The molecule has 2 atom stereocenters. The second-order valence-electron chi connectivity index (χ2n) is 7.47. The Morgan fingerprint density at radius 1 is 0.667 bits per heavy atom. The molecule has 0 aliphatic carbocycles. The Labute approximate surface area is 154 Å². The summed E-state index contributed by atoms with van der Waals surface area (Å²) in [6.45, 7) is 12.6. The van der Waals surface area contributed by atoms with Gasteiger partial charge in [0.2, 0.25) is 0 Å². The lowest BCUT2D eigenvalue weighted by molar-refractivity contribution is 0.288. The first-order valence-electron chi connectivity index (χ1n) is 10.8. The third-order valence-electron chi connectivity index (χ3n) is 5.33. The van der Waals surface area contributed by atoms with E-state index in [0.717, 1.165) is 37.5 Å². The van der Waals surface area contributed by atoms with Gasteiger partial charge < -0.3 is 0 Å². The Morgan fingerprint density at radius 3 is 1.79 bits per heavy atom. The van der Waals surface area contributed by atoms with Gasteiger partial charge in [0.1, 0.15) is 0 Å². The summed E-state index contributed by atoms with van der Waals surface area (Å²) in [5, 5.41) is 0. The van der Waals surface area contributed by atoms with Crippen LogP contribution < -0.4 is 0 Å². The Balaban J connectivity index is 3.66. The molecule has 0 aliphatic rings. The summed E-state index contributed by atoms with van der Waals surface area (Å²) in [5.41, 5.74) is 0. The van der Waals surface area contributed by atoms with E-state index in [1.165, 1.54) is 77.0 Å². The quantitative estimate of drug-likeness (QED) is 0.197. The predicted octanol–water partition coefficient (Wildman–Crippen LogP) is 8.17. The van der Waals surface area contributed by atoms with Crippen LogP contribution in [-0.2, 0) is 0 Å². The van der Waals surface area contributed by atoms with Gasteiger partial charge in [0, 0.05) is 12.8 Å². The highest BCUT2D eigenvalue weighted by Crippen LogP contribution is 2.27. The van der Waals surface area contributed by atoms with Gasteiger partial charge in [-0.15, -0.1) is 11.8 Å². The second-order valence-corrected chi connectivity index (χ2v) is 7.47. The van der Waals surface area contributed by atoms with Crippen molar-refractivity contribution in [2.75, 3.05) is 0 Å². The highest BCUT2D eigenvalue weighted by Gasteiger charge is 2.14. The first kappa shape index (κ1) is 23.6. The molecular formula is C24H44. The SMILES string of the molecule is [CH2]CCC#CCCCCCCCC(CCCCCC[CH2])C(C)CC. The van der Waals surface area contributed by atoms with Crippen LogP contribution in [0.3, 0.4) is 0 Å². The van der Waals surface area contributed by atoms with Crippen LogP contribution in [0.25, 0.3) is 0 Å². The number of hydrogen-bond acceptors (Lipinski definition) is 0. The highest BCUT2D eigenvalue weighted by molar-refractivity contribution is 4.98. The fraction of sp³-hybridized carbons (Fsp3) is 0.833. The smallest absolute Gasteiger partial charge is 0.00886 e. The molecule has 0 aromatic heterocycles. The van der Waals surface area contributed by atoms with Crippen LogP contribution in [0.15, 0.2) is 0 Å². The zero-order valence-corrected chi connectivity index (χ0v) is 16.9. The molecule has 0 aliphatic heterocycles. The summed E-state index contributed by atoms with van der Waals surface area (Å²) in [6.07, 6.45) is 20.8. The summed E-state index contributed by atoms with van der Waals surface area (Å²) in [7, 11) is 0. The Morgan fingerprint density at radius 2 is 1.21 bits per heavy atom. The Bertz CT molecular complexity index is 293. The normalized spacial score (nSPS) is 13.3. The Kier molecular flexibility index (Phi) is 18.5. The summed E-state index contributed by atoms with van der Waals surface area (Å²) in [5.74, 6) is 8.31. The highest BCUT2D eigenvalue weighted by atomic mass is 14.2. The second kappa shape index (κ2) is 18.9. The summed E-state index contributed by atoms with van der Waals surface area (Å²) >= 11 is 0. The van der Waals surface area contributed by atoms with E-state index in [9.17, 15) is 0 Å². The van der Waals surface area contributed by atoms with Crippen LogP contribution in [0.1, 0.15) is 117 Å². The lowest BCUT2D eigenvalue weighted by Gasteiger charge is -2.23. The largest absolute Gasteiger partial charge is 0.103 e. The van der Waals surface area contributed by atoms with Crippen molar-refractivity contribution in [1.29, 1.82) is 0 Å². The molecule has 0 bridgehead atoms. The van der Waals surface area contributed by atoms with Gasteiger partial charge in [0.25, 0.3) is 0 Å². The average Bonchev–Trinajstić information content (AvgIpc) is 2.60. The van der Waals surface area contributed by atoms with Gasteiger partial charge in [-0.05, 0) is 24.7 Å².